The van der Waals surface area contributed by atoms with Gasteiger partial charge in [-0.15, -0.1) is 0 Å². The Morgan fingerprint density at radius 3 is 1.59 bits per heavy atom. The summed E-state index contributed by atoms with van der Waals surface area (Å²) in [7, 11) is 0. The van der Waals surface area contributed by atoms with Crippen molar-refractivity contribution >= 4 is 5.97 Å². The quantitative estimate of drug-likeness (QED) is 0.368. The van der Waals surface area contributed by atoms with Crippen LogP contribution in [0.1, 0.15) is 42.4 Å². The lowest BCUT2D eigenvalue weighted by atomic mass is 9.85. The Morgan fingerprint density at radius 1 is 0.778 bits per heavy atom. The number of carbonyl (C=O) groups is 1. The van der Waals surface area contributed by atoms with Gasteiger partial charge in [0.1, 0.15) is 17.2 Å². The maximum Gasteiger partial charge on any atom is 0.311 e. The molecule has 0 atom stereocenters. The highest BCUT2D eigenvalue weighted by atomic mass is 16.5. The second-order valence-corrected chi connectivity index (χ2v) is 6.41. The predicted octanol–water partition coefficient (Wildman–Crippen LogP) is 4.98. The van der Waals surface area contributed by atoms with Gasteiger partial charge in [-0.2, -0.15) is 0 Å². The minimum absolute atomic E-state index is 0.0772. The molecular weight excluding hydrogens is 340 g/mol. The number of aromatic hydroxyl groups is 2. The van der Waals surface area contributed by atoms with Gasteiger partial charge >= 0.3 is 5.97 Å². The normalized spacial score (nSPS) is 10.7. The van der Waals surface area contributed by atoms with Crippen LogP contribution in [-0.2, 0) is 4.79 Å². The molecule has 4 nitrogen and oxygen atoms in total. The lowest BCUT2D eigenvalue weighted by Gasteiger charge is -2.19. The van der Waals surface area contributed by atoms with Crippen molar-refractivity contribution in [2.24, 2.45) is 0 Å². The predicted molar refractivity (Wildman–Crippen MR) is 104 cm³/mol. The monoisotopic (exact) mass is 362 g/mol. The van der Waals surface area contributed by atoms with E-state index >= 15 is 0 Å². The molecule has 3 aromatic rings. The average molecular weight is 362 g/mol. The number of phenolic OH excluding ortho intramolecular Hbond substituents is 2. The summed E-state index contributed by atoms with van der Waals surface area (Å²) < 4.78 is 5.33. The molecule has 0 amide bonds. The molecule has 2 N–H and O–H groups in total. The van der Waals surface area contributed by atoms with Crippen LogP contribution in [-0.4, -0.2) is 16.2 Å². The molecule has 4 heteroatoms. The molecular formula is C23H22O4. The number of ether oxygens (including phenoxy) is 1. The molecule has 138 valence electrons. The van der Waals surface area contributed by atoms with Crippen LogP contribution in [0.4, 0.5) is 0 Å². The molecule has 0 aliphatic carbocycles. The molecule has 3 rings (SSSR count). The average Bonchev–Trinajstić information content (AvgIpc) is 2.66. The molecule has 0 aromatic heterocycles. The second-order valence-electron chi connectivity index (χ2n) is 6.41. The summed E-state index contributed by atoms with van der Waals surface area (Å²) in [6.45, 7) is 1.93. The van der Waals surface area contributed by atoms with Crippen molar-refractivity contribution < 1.29 is 19.7 Å². The Labute approximate surface area is 158 Å². The van der Waals surface area contributed by atoms with Crippen molar-refractivity contribution in [3.8, 4) is 17.2 Å². The standard InChI is InChI=1S/C23H22O4/c1-2-3-22(26)27-21-14-8-18(9-15-21)23(16-4-10-19(24)11-5-16)17-6-12-20(25)13-7-17/h4-15,23-25H,2-3H2,1H3. The van der Waals surface area contributed by atoms with E-state index in [1.807, 2.05) is 43.3 Å². The van der Waals surface area contributed by atoms with Gasteiger partial charge in [-0.05, 0) is 59.5 Å². The second kappa shape index (κ2) is 8.41. The summed E-state index contributed by atoms with van der Waals surface area (Å²) in [5, 5.41) is 19.2. The van der Waals surface area contributed by atoms with Gasteiger partial charge < -0.3 is 14.9 Å². The SMILES string of the molecule is CCCC(=O)Oc1ccc(C(c2ccc(O)cc2)c2ccc(O)cc2)cc1. The van der Waals surface area contributed by atoms with Gasteiger partial charge in [0.05, 0.1) is 0 Å². The summed E-state index contributed by atoms with van der Waals surface area (Å²) in [5.41, 5.74) is 3.03. The Morgan fingerprint density at radius 2 is 1.19 bits per heavy atom. The third-order valence-corrected chi connectivity index (χ3v) is 4.35. The topological polar surface area (TPSA) is 66.8 Å². The highest BCUT2D eigenvalue weighted by molar-refractivity contribution is 5.72. The molecule has 3 aromatic carbocycles. The molecule has 0 aliphatic heterocycles. The number of hydrogen-bond acceptors (Lipinski definition) is 4. The zero-order chi connectivity index (χ0) is 19.2. The number of hydrogen-bond donors (Lipinski definition) is 2. The first-order chi connectivity index (χ1) is 13.1. The van der Waals surface area contributed by atoms with Crippen LogP contribution in [0.25, 0.3) is 0 Å². The van der Waals surface area contributed by atoms with Crippen LogP contribution in [0.2, 0.25) is 0 Å². The van der Waals surface area contributed by atoms with Crippen molar-refractivity contribution in [3.63, 3.8) is 0 Å². The van der Waals surface area contributed by atoms with Crippen LogP contribution >= 0.6 is 0 Å². The molecule has 0 bridgehead atoms. The van der Waals surface area contributed by atoms with Crippen LogP contribution in [0, 0.1) is 0 Å². The molecule has 0 saturated heterocycles. The van der Waals surface area contributed by atoms with Crippen LogP contribution in [0.15, 0.2) is 72.8 Å². The molecule has 0 fully saturated rings. The van der Waals surface area contributed by atoms with Gasteiger partial charge in [-0.25, -0.2) is 0 Å². The number of phenols is 2. The van der Waals surface area contributed by atoms with Gasteiger partial charge in [0, 0.05) is 12.3 Å². The first-order valence-electron chi connectivity index (χ1n) is 8.95. The summed E-state index contributed by atoms with van der Waals surface area (Å²) in [6, 6.07) is 21.6. The molecule has 27 heavy (non-hydrogen) atoms. The van der Waals surface area contributed by atoms with Gasteiger partial charge in [-0.3, -0.25) is 4.79 Å². The van der Waals surface area contributed by atoms with E-state index in [0.29, 0.717) is 12.2 Å². The van der Waals surface area contributed by atoms with Crippen molar-refractivity contribution in [2.75, 3.05) is 0 Å². The molecule has 0 spiro atoms. The zero-order valence-electron chi connectivity index (χ0n) is 15.1. The van der Waals surface area contributed by atoms with Crippen LogP contribution < -0.4 is 4.74 Å². The van der Waals surface area contributed by atoms with E-state index in [-0.39, 0.29) is 23.4 Å². The third kappa shape index (κ3) is 4.67. The highest BCUT2D eigenvalue weighted by Gasteiger charge is 2.17. The van der Waals surface area contributed by atoms with Crippen molar-refractivity contribution in [1.82, 2.24) is 0 Å². The Hall–Kier alpha value is -3.27. The summed E-state index contributed by atoms with van der Waals surface area (Å²) in [4.78, 5) is 11.7. The fourth-order valence-electron chi connectivity index (χ4n) is 3.03. The van der Waals surface area contributed by atoms with Gasteiger partial charge in [-0.1, -0.05) is 43.3 Å². The Kier molecular flexibility index (Phi) is 5.77. The fraction of sp³-hybridized carbons (Fsp3) is 0.174. The molecule has 0 saturated carbocycles. The zero-order valence-corrected chi connectivity index (χ0v) is 15.1. The Balaban J connectivity index is 1.94. The van der Waals surface area contributed by atoms with Gasteiger partial charge in [0.25, 0.3) is 0 Å². The minimum atomic E-state index is -0.237. The minimum Gasteiger partial charge on any atom is -0.508 e. The van der Waals surface area contributed by atoms with Crippen molar-refractivity contribution in [3.05, 3.63) is 89.5 Å². The largest absolute Gasteiger partial charge is 0.508 e. The molecule has 0 heterocycles. The molecule has 0 radical (unpaired) electrons. The third-order valence-electron chi connectivity index (χ3n) is 4.35. The van der Waals surface area contributed by atoms with E-state index in [2.05, 4.69) is 0 Å². The van der Waals surface area contributed by atoms with Crippen LogP contribution in [0.3, 0.4) is 0 Å². The van der Waals surface area contributed by atoms with Crippen molar-refractivity contribution in [1.29, 1.82) is 0 Å². The summed E-state index contributed by atoms with van der Waals surface area (Å²) >= 11 is 0. The lowest BCUT2D eigenvalue weighted by molar-refractivity contribution is -0.134. The smallest absolute Gasteiger partial charge is 0.311 e. The maximum absolute atomic E-state index is 11.7. The fourth-order valence-corrected chi connectivity index (χ4v) is 3.03. The first kappa shape index (κ1) is 18.5. The van der Waals surface area contributed by atoms with Crippen molar-refractivity contribution in [2.45, 2.75) is 25.7 Å². The van der Waals surface area contributed by atoms with E-state index < -0.39 is 0 Å². The van der Waals surface area contributed by atoms with E-state index in [1.54, 1.807) is 36.4 Å². The number of esters is 1. The molecule has 0 aliphatic rings. The Bertz CT molecular complexity index is 836. The number of benzene rings is 3. The highest BCUT2D eigenvalue weighted by Crippen LogP contribution is 2.34. The van der Waals surface area contributed by atoms with E-state index in [0.717, 1.165) is 23.1 Å². The maximum atomic E-state index is 11.7. The lowest BCUT2D eigenvalue weighted by Crippen LogP contribution is -2.07. The van der Waals surface area contributed by atoms with Gasteiger partial charge in [0.2, 0.25) is 0 Å². The van der Waals surface area contributed by atoms with E-state index in [1.165, 1.54) is 0 Å². The van der Waals surface area contributed by atoms with E-state index in [4.69, 9.17) is 4.74 Å². The van der Waals surface area contributed by atoms with Crippen LogP contribution in [0.5, 0.6) is 17.2 Å². The van der Waals surface area contributed by atoms with Gasteiger partial charge in [0.15, 0.2) is 0 Å². The number of carbonyl (C=O) groups excluding carboxylic acids is 1. The summed E-state index contributed by atoms with van der Waals surface area (Å²) in [6.07, 6.45) is 1.14. The summed E-state index contributed by atoms with van der Waals surface area (Å²) in [5.74, 6) is 0.626. The molecule has 0 unspecified atom stereocenters. The first-order valence-corrected chi connectivity index (χ1v) is 8.95. The van der Waals surface area contributed by atoms with E-state index in [9.17, 15) is 15.0 Å². The number of rotatable bonds is 6.